The maximum atomic E-state index is 12.6. The van der Waals surface area contributed by atoms with E-state index in [1.807, 2.05) is 32.9 Å². The lowest BCUT2D eigenvalue weighted by Crippen LogP contribution is -2.11. The zero-order valence-electron chi connectivity index (χ0n) is 19.5. The van der Waals surface area contributed by atoms with Crippen molar-refractivity contribution in [1.82, 2.24) is 10.2 Å². The maximum Gasteiger partial charge on any atom is 0.322 e. The molecule has 8 nitrogen and oxygen atoms in total. The molecule has 9 heteroatoms. The highest BCUT2D eigenvalue weighted by Crippen LogP contribution is 2.41. The number of hydrogen-bond acceptors (Lipinski definition) is 8. The van der Waals surface area contributed by atoms with Gasteiger partial charge in [-0.1, -0.05) is 18.9 Å². The molecule has 33 heavy (non-hydrogen) atoms. The van der Waals surface area contributed by atoms with Crippen molar-refractivity contribution in [2.45, 2.75) is 44.8 Å². The van der Waals surface area contributed by atoms with E-state index in [4.69, 9.17) is 18.6 Å². The first-order chi connectivity index (χ1) is 15.9. The molecule has 176 valence electrons. The normalized spacial score (nSPS) is 10.8. The van der Waals surface area contributed by atoms with Crippen molar-refractivity contribution in [3.8, 4) is 28.7 Å². The fourth-order valence-corrected chi connectivity index (χ4v) is 3.87. The number of hydrogen-bond donors (Lipinski definition) is 1. The lowest BCUT2D eigenvalue weighted by Gasteiger charge is -2.16. The second-order valence-corrected chi connectivity index (χ2v) is 8.81. The average molecular weight is 472 g/mol. The molecule has 1 N–H and O–H groups in total. The SMILES string of the molecule is CCOc1cc(-c2nnc(NC(=O)c3ccc(SC(C)C)cc3)o2)cc(OCC)c1OCC. The Bertz CT molecular complexity index is 1040. The predicted molar refractivity (Wildman–Crippen MR) is 129 cm³/mol. The molecular formula is C24H29N3O5S. The molecule has 0 aliphatic heterocycles. The number of carbonyl (C=O) groups is 1. The van der Waals surface area contributed by atoms with Crippen LogP contribution in [0.1, 0.15) is 45.0 Å². The number of ether oxygens (including phenoxy) is 3. The molecule has 0 saturated carbocycles. The van der Waals surface area contributed by atoms with Crippen molar-refractivity contribution >= 4 is 23.7 Å². The van der Waals surface area contributed by atoms with Crippen molar-refractivity contribution in [2.24, 2.45) is 0 Å². The molecule has 0 saturated heterocycles. The van der Waals surface area contributed by atoms with Crippen molar-refractivity contribution < 1.29 is 23.4 Å². The summed E-state index contributed by atoms with van der Waals surface area (Å²) in [5.74, 6) is 1.45. The van der Waals surface area contributed by atoms with E-state index in [-0.39, 0.29) is 17.8 Å². The summed E-state index contributed by atoms with van der Waals surface area (Å²) < 4.78 is 22.9. The molecule has 1 heterocycles. The molecule has 0 fully saturated rings. The summed E-state index contributed by atoms with van der Waals surface area (Å²) in [7, 11) is 0. The predicted octanol–water partition coefficient (Wildman–Crippen LogP) is 5.69. The summed E-state index contributed by atoms with van der Waals surface area (Å²) >= 11 is 1.73. The second-order valence-electron chi connectivity index (χ2n) is 7.16. The van der Waals surface area contributed by atoms with Gasteiger partial charge in [-0.2, -0.15) is 0 Å². The van der Waals surface area contributed by atoms with E-state index in [1.54, 1.807) is 36.0 Å². The Balaban J connectivity index is 1.80. The number of amides is 1. The van der Waals surface area contributed by atoms with Gasteiger partial charge in [-0.25, -0.2) is 0 Å². The van der Waals surface area contributed by atoms with Crippen molar-refractivity contribution in [3.05, 3.63) is 42.0 Å². The fourth-order valence-electron chi connectivity index (χ4n) is 3.03. The monoisotopic (exact) mass is 471 g/mol. The lowest BCUT2D eigenvalue weighted by molar-refractivity contribution is 0.102. The number of thioether (sulfide) groups is 1. The van der Waals surface area contributed by atoms with Crippen LogP contribution in [0, 0.1) is 0 Å². The van der Waals surface area contributed by atoms with E-state index < -0.39 is 0 Å². The molecular weight excluding hydrogens is 442 g/mol. The number of aromatic nitrogens is 2. The Morgan fingerprint density at radius 1 is 0.970 bits per heavy atom. The number of anilines is 1. The molecule has 3 aromatic rings. The van der Waals surface area contributed by atoms with Crippen molar-refractivity contribution in [2.75, 3.05) is 25.1 Å². The third kappa shape index (κ3) is 6.41. The van der Waals surface area contributed by atoms with Crippen LogP contribution in [0.2, 0.25) is 0 Å². The zero-order chi connectivity index (χ0) is 23.8. The molecule has 0 atom stereocenters. The van der Waals surface area contributed by atoms with Crippen molar-refractivity contribution in [1.29, 1.82) is 0 Å². The highest BCUT2D eigenvalue weighted by molar-refractivity contribution is 7.99. The van der Waals surface area contributed by atoms with Gasteiger partial charge in [-0.3, -0.25) is 10.1 Å². The smallest absolute Gasteiger partial charge is 0.322 e. The van der Waals surface area contributed by atoms with E-state index in [1.165, 1.54) is 0 Å². The molecule has 3 rings (SSSR count). The quantitative estimate of drug-likeness (QED) is 0.357. The first kappa shape index (κ1) is 24.4. The van der Waals surface area contributed by atoms with Crippen LogP contribution < -0.4 is 19.5 Å². The molecule has 0 unspecified atom stereocenters. The molecule has 1 amide bonds. The summed E-state index contributed by atoms with van der Waals surface area (Å²) in [6.45, 7) is 11.3. The van der Waals surface area contributed by atoms with E-state index >= 15 is 0 Å². The van der Waals surface area contributed by atoms with Crippen LogP contribution in [-0.2, 0) is 0 Å². The Hall–Kier alpha value is -3.20. The molecule has 0 aliphatic rings. The second kappa shape index (κ2) is 11.6. The summed E-state index contributed by atoms with van der Waals surface area (Å²) in [4.78, 5) is 13.7. The van der Waals surface area contributed by atoms with Gasteiger partial charge >= 0.3 is 6.01 Å². The van der Waals surface area contributed by atoms with Crippen LogP contribution in [0.25, 0.3) is 11.5 Å². The van der Waals surface area contributed by atoms with E-state index in [9.17, 15) is 4.79 Å². The molecule has 0 aliphatic carbocycles. The van der Waals surface area contributed by atoms with Crippen LogP contribution >= 0.6 is 11.8 Å². The van der Waals surface area contributed by atoms with E-state index in [0.717, 1.165) is 4.90 Å². The number of nitrogens with zero attached hydrogens (tertiary/aromatic N) is 2. The third-order valence-electron chi connectivity index (χ3n) is 4.29. The first-order valence-electron chi connectivity index (χ1n) is 10.9. The Labute approximate surface area is 198 Å². The van der Waals surface area contributed by atoms with Crippen LogP contribution in [0.4, 0.5) is 6.01 Å². The largest absolute Gasteiger partial charge is 0.490 e. The van der Waals surface area contributed by atoms with Crippen LogP contribution in [0.3, 0.4) is 0 Å². The average Bonchev–Trinajstić information content (AvgIpc) is 3.24. The van der Waals surface area contributed by atoms with Gasteiger partial charge < -0.3 is 18.6 Å². The van der Waals surface area contributed by atoms with E-state index in [2.05, 4.69) is 29.4 Å². The van der Waals surface area contributed by atoms with Gasteiger partial charge in [0.1, 0.15) is 0 Å². The van der Waals surface area contributed by atoms with Gasteiger partial charge in [-0.05, 0) is 57.2 Å². The van der Waals surface area contributed by atoms with Gasteiger partial charge in [0.15, 0.2) is 11.5 Å². The lowest BCUT2D eigenvalue weighted by atomic mass is 10.2. The number of carbonyl (C=O) groups excluding carboxylic acids is 1. The number of nitrogens with one attached hydrogen (secondary N) is 1. The molecule has 0 bridgehead atoms. The van der Waals surface area contributed by atoms with Gasteiger partial charge in [-0.15, -0.1) is 16.9 Å². The molecule has 2 aromatic carbocycles. The standard InChI is InChI=1S/C24H29N3O5S/c1-6-29-19-13-17(14-20(30-7-2)21(19)31-8-3)23-26-27-24(32-23)25-22(28)16-9-11-18(12-10-16)33-15(4)5/h9-15H,6-8H2,1-5H3,(H,25,27,28). The summed E-state index contributed by atoms with van der Waals surface area (Å²) in [5, 5.41) is 11.1. The maximum absolute atomic E-state index is 12.6. The zero-order valence-corrected chi connectivity index (χ0v) is 20.3. The fraction of sp³-hybridized carbons (Fsp3) is 0.375. The van der Waals surface area contributed by atoms with E-state index in [0.29, 0.717) is 53.4 Å². The minimum atomic E-state index is -0.331. The minimum Gasteiger partial charge on any atom is -0.490 e. The Kier molecular flexibility index (Phi) is 8.59. The first-order valence-corrected chi connectivity index (χ1v) is 11.8. The molecule has 1 aromatic heterocycles. The van der Waals surface area contributed by atoms with Gasteiger partial charge in [0.2, 0.25) is 11.6 Å². The van der Waals surface area contributed by atoms with Crippen molar-refractivity contribution in [3.63, 3.8) is 0 Å². The Morgan fingerprint density at radius 2 is 1.58 bits per heavy atom. The Morgan fingerprint density at radius 3 is 2.12 bits per heavy atom. The van der Waals surface area contributed by atoms with Gasteiger partial charge in [0.05, 0.1) is 19.8 Å². The topological polar surface area (TPSA) is 95.7 Å². The number of rotatable bonds is 11. The summed E-state index contributed by atoms with van der Waals surface area (Å²) in [5.41, 5.74) is 1.09. The highest BCUT2D eigenvalue weighted by atomic mass is 32.2. The van der Waals surface area contributed by atoms with Crippen LogP contribution in [0.15, 0.2) is 45.7 Å². The highest BCUT2D eigenvalue weighted by Gasteiger charge is 2.19. The van der Waals surface area contributed by atoms with Crippen LogP contribution in [-0.4, -0.2) is 41.2 Å². The third-order valence-corrected chi connectivity index (χ3v) is 5.31. The number of benzene rings is 2. The summed E-state index contributed by atoms with van der Waals surface area (Å²) in [6, 6.07) is 10.9. The molecule has 0 radical (unpaired) electrons. The minimum absolute atomic E-state index is 0.000404. The van der Waals surface area contributed by atoms with Gasteiger partial charge in [0, 0.05) is 21.3 Å². The summed E-state index contributed by atoms with van der Waals surface area (Å²) in [6.07, 6.45) is 0. The van der Waals surface area contributed by atoms with Crippen LogP contribution in [0.5, 0.6) is 17.2 Å². The van der Waals surface area contributed by atoms with Gasteiger partial charge in [0.25, 0.3) is 5.91 Å². The molecule has 0 spiro atoms.